The summed E-state index contributed by atoms with van der Waals surface area (Å²) in [5, 5.41) is 0. The lowest BCUT2D eigenvalue weighted by Gasteiger charge is -2.32. The predicted molar refractivity (Wildman–Crippen MR) is 119 cm³/mol. The first-order valence-electron chi connectivity index (χ1n) is 10.3. The van der Waals surface area contributed by atoms with Gasteiger partial charge >= 0.3 is 0 Å². The molecule has 0 radical (unpaired) electrons. The highest BCUT2D eigenvalue weighted by atomic mass is 16.5. The number of ketones is 1. The summed E-state index contributed by atoms with van der Waals surface area (Å²) in [7, 11) is 7.57. The van der Waals surface area contributed by atoms with Crippen LogP contribution in [0.5, 0.6) is 28.7 Å². The highest BCUT2D eigenvalue weighted by molar-refractivity contribution is 6.01. The molecule has 3 rings (SSSR count). The van der Waals surface area contributed by atoms with Crippen molar-refractivity contribution in [3.05, 3.63) is 41.5 Å². The lowest BCUT2D eigenvalue weighted by atomic mass is 9.89. The maximum atomic E-state index is 13.3. The van der Waals surface area contributed by atoms with E-state index in [-0.39, 0.29) is 17.6 Å². The van der Waals surface area contributed by atoms with Gasteiger partial charge in [0, 0.05) is 24.6 Å². The van der Waals surface area contributed by atoms with Crippen LogP contribution in [0.25, 0.3) is 0 Å². The minimum Gasteiger partial charge on any atom is -0.493 e. The first-order chi connectivity index (χ1) is 15.5. The molecule has 0 aliphatic carbocycles. The largest absolute Gasteiger partial charge is 0.493 e. The Labute approximate surface area is 188 Å². The van der Waals surface area contributed by atoms with Crippen LogP contribution in [0.2, 0.25) is 0 Å². The van der Waals surface area contributed by atoms with Crippen molar-refractivity contribution in [1.29, 1.82) is 0 Å². The molecule has 1 unspecified atom stereocenters. The van der Waals surface area contributed by atoms with Gasteiger partial charge in [-0.15, -0.1) is 0 Å². The Balaban J connectivity index is 1.83. The van der Waals surface area contributed by atoms with E-state index in [2.05, 4.69) is 0 Å². The highest BCUT2D eigenvalue weighted by Gasteiger charge is 2.32. The van der Waals surface area contributed by atoms with E-state index in [4.69, 9.17) is 23.7 Å². The van der Waals surface area contributed by atoms with Gasteiger partial charge in [0.15, 0.2) is 28.8 Å². The fourth-order valence-corrected chi connectivity index (χ4v) is 4.04. The second-order valence-electron chi connectivity index (χ2n) is 7.41. The Morgan fingerprint density at radius 3 is 2.09 bits per heavy atom. The number of piperidine rings is 1. The Hall–Kier alpha value is -3.42. The molecule has 1 atom stereocenters. The Morgan fingerprint density at radius 2 is 1.47 bits per heavy atom. The van der Waals surface area contributed by atoms with E-state index in [0.29, 0.717) is 59.4 Å². The summed E-state index contributed by atoms with van der Waals surface area (Å²) in [4.78, 5) is 28.2. The summed E-state index contributed by atoms with van der Waals surface area (Å²) in [5.41, 5.74) is 0.898. The van der Waals surface area contributed by atoms with Crippen LogP contribution in [0.1, 0.15) is 33.6 Å². The Kier molecular flexibility index (Phi) is 7.45. The van der Waals surface area contributed by atoms with Gasteiger partial charge in [0.25, 0.3) is 5.91 Å². The quantitative estimate of drug-likeness (QED) is 0.578. The molecule has 1 saturated heterocycles. The molecule has 0 N–H and O–H groups in total. The molecule has 0 aromatic heterocycles. The van der Waals surface area contributed by atoms with Crippen LogP contribution in [-0.2, 0) is 0 Å². The zero-order valence-corrected chi connectivity index (χ0v) is 19.1. The fraction of sp³-hybridized carbons (Fsp3) is 0.417. The number of benzene rings is 2. The van der Waals surface area contributed by atoms with E-state index in [1.807, 2.05) is 0 Å². The highest BCUT2D eigenvalue weighted by Crippen LogP contribution is 2.40. The van der Waals surface area contributed by atoms with E-state index in [9.17, 15) is 9.59 Å². The molecule has 32 heavy (non-hydrogen) atoms. The van der Waals surface area contributed by atoms with Crippen LogP contribution in [0, 0.1) is 5.92 Å². The molecular formula is C24H29NO7. The Morgan fingerprint density at radius 1 is 0.812 bits per heavy atom. The molecule has 1 aliphatic heterocycles. The average Bonchev–Trinajstić information content (AvgIpc) is 2.86. The van der Waals surface area contributed by atoms with Gasteiger partial charge in [-0.1, -0.05) is 0 Å². The van der Waals surface area contributed by atoms with Crippen LogP contribution >= 0.6 is 0 Å². The third-order valence-electron chi connectivity index (χ3n) is 5.68. The van der Waals surface area contributed by atoms with Gasteiger partial charge in [-0.05, 0) is 43.2 Å². The maximum absolute atomic E-state index is 13.3. The monoisotopic (exact) mass is 443 g/mol. The first kappa shape index (κ1) is 23.2. The smallest absolute Gasteiger partial charge is 0.257 e. The summed E-state index contributed by atoms with van der Waals surface area (Å²) in [6, 6.07) is 8.44. The van der Waals surface area contributed by atoms with Crippen molar-refractivity contribution >= 4 is 11.7 Å². The first-order valence-corrected chi connectivity index (χ1v) is 10.3. The van der Waals surface area contributed by atoms with Gasteiger partial charge in [-0.2, -0.15) is 0 Å². The summed E-state index contributed by atoms with van der Waals surface area (Å²) < 4.78 is 26.7. The number of hydrogen-bond acceptors (Lipinski definition) is 7. The lowest BCUT2D eigenvalue weighted by Crippen LogP contribution is -2.42. The molecule has 0 bridgehead atoms. The molecule has 1 aliphatic rings. The number of carbonyl (C=O) groups is 2. The predicted octanol–water partition coefficient (Wildman–Crippen LogP) is 3.46. The SMILES string of the molecule is COc1ccc(C(=O)C2CCCN(C(=O)c3ccc(OC)c(OC)c3OC)C2)cc1OC. The summed E-state index contributed by atoms with van der Waals surface area (Å²) >= 11 is 0. The van der Waals surface area contributed by atoms with Crippen molar-refractivity contribution in [3.8, 4) is 28.7 Å². The summed E-state index contributed by atoms with van der Waals surface area (Å²) in [5.74, 6) is 1.65. The van der Waals surface area contributed by atoms with Crippen LogP contribution in [-0.4, -0.2) is 65.2 Å². The zero-order valence-electron chi connectivity index (χ0n) is 19.1. The van der Waals surface area contributed by atoms with Crippen LogP contribution in [0.4, 0.5) is 0 Å². The van der Waals surface area contributed by atoms with E-state index in [0.717, 1.165) is 6.42 Å². The second kappa shape index (κ2) is 10.3. The average molecular weight is 443 g/mol. The van der Waals surface area contributed by atoms with Gasteiger partial charge in [-0.25, -0.2) is 0 Å². The third kappa shape index (κ3) is 4.44. The third-order valence-corrected chi connectivity index (χ3v) is 5.68. The molecule has 1 fully saturated rings. The van der Waals surface area contributed by atoms with Gasteiger partial charge in [0.05, 0.1) is 41.1 Å². The van der Waals surface area contributed by atoms with Crippen LogP contribution < -0.4 is 23.7 Å². The topological polar surface area (TPSA) is 83.5 Å². The number of ether oxygens (including phenoxy) is 5. The van der Waals surface area contributed by atoms with Crippen molar-refractivity contribution in [2.75, 3.05) is 48.6 Å². The molecule has 172 valence electrons. The molecule has 8 heteroatoms. The number of Topliss-reactive ketones (excluding diaryl/α,β-unsaturated/α-hetero) is 1. The van der Waals surface area contributed by atoms with Gasteiger partial charge in [-0.3, -0.25) is 9.59 Å². The maximum Gasteiger partial charge on any atom is 0.257 e. The number of likely N-dealkylation sites (tertiary alicyclic amines) is 1. The van der Waals surface area contributed by atoms with E-state index in [1.54, 1.807) is 42.3 Å². The molecular weight excluding hydrogens is 414 g/mol. The molecule has 1 heterocycles. The van der Waals surface area contributed by atoms with Crippen LogP contribution in [0.15, 0.2) is 30.3 Å². The molecule has 2 aromatic rings. The van der Waals surface area contributed by atoms with E-state index >= 15 is 0 Å². The molecule has 1 amide bonds. The van der Waals surface area contributed by atoms with Crippen molar-refractivity contribution in [1.82, 2.24) is 4.90 Å². The molecule has 8 nitrogen and oxygen atoms in total. The van der Waals surface area contributed by atoms with E-state index < -0.39 is 0 Å². The van der Waals surface area contributed by atoms with Crippen molar-refractivity contribution in [2.45, 2.75) is 12.8 Å². The van der Waals surface area contributed by atoms with Crippen molar-refractivity contribution < 1.29 is 33.3 Å². The number of nitrogens with zero attached hydrogens (tertiary/aromatic N) is 1. The second-order valence-corrected chi connectivity index (χ2v) is 7.41. The summed E-state index contributed by atoms with van der Waals surface area (Å²) in [6.07, 6.45) is 1.44. The minimum atomic E-state index is -0.308. The normalized spacial score (nSPS) is 15.7. The van der Waals surface area contributed by atoms with E-state index in [1.165, 1.54) is 28.4 Å². The van der Waals surface area contributed by atoms with Gasteiger partial charge in [0.1, 0.15) is 0 Å². The molecule has 2 aromatic carbocycles. The minimum absolute atomic E-state index is 0.0253. The van der Waals surface area contributed by atoms with Crippen LogP contribution in [0.3, 0.4) is 0 Å². The zero-order chi connectivity index (χ0) is 23.3. The number of carbonyl (C=O) groups excluding carboxylic acids is 2. The van der Waals surface area contributed by atoms with Gasteiger partial charge in [0.2, 0.25) is 5.75 Å². The lowest BCUT2D eigenvalue weighted by molar-refractivity contribution is 0.0633. The summed E-state index contributed by atoms with van der Waals surface area (Å²) in [6.45, 7) is 0.884. The number of rotatable bonds is 8. The molecule has 0 saturated carbocycles. The fourth-order valence-electron chi connectivity index (χ4n) is 4.04. The van der Waals surface area contributed by atoms with Crippen molar-refractivity contribution in [2.24, 2.45) is 5.92 Å². The van der Waals surface area contributed by atoms with Gasteiger partial charge < -0.3 is 28.6 Å². The number of hydrogen-bond donors (Lipinski definition) is 0. The Bertz CT molecular complexity index is 989. The van der Waals surface area contributed by atoms with Crippen molar-refractivity contribution in [3.63, 3.8) is 0 Å². The number of amides is 1. The standard InChI is InChI=1S/C24H29NO7/c1-28-18-10-8-15(13-20(18)30-3)21(26)16-7-6-12-25(14-16)24(27)17-9-11-19(29-2)23(32-5)22(17)31-4/h8-11,13,16H,6-7,12,14H2,1-5H3. The molecule has 0 spiro atoms. The number of methoxy groups -OCH3 is 5.